The van der Waals surface area contributed by atoms with Crippen molar-refractivity contribution in [3.8, 4) is 0 Å². The van der Waals surface area contributed by atoms with Crippen LogP contribution in [0.2, 0.25) is 0 Å². The van der Waals surface area contributed by atoms with E-state index in [0.29, 0.717) is 12.3 Å². The predicted molar refractivity (Wildman–Crippen MR) is 84.3 cm³/mol. The van der Waals surface area contributed by atoms with Gasteiger partial charge in [0, 0.05) is 5.54 Å². The maximum Gasteiger partial charge on any atom is 0.226 e. The minimum Gasteiger partial charge on any atom is -0.370 e. The van der Waals surface area contributed by atoms with Gasteiger partial charge in [-0.05, 0) is 46.0 Å². The SMILES string of the molecule is CC1=CC[C@H](C(C)(C)NC(=O)CC[NH+]2CCOCC2)CC1. The molecule has 2 N–H and O–H groups in total. The fraction of sp³-hybridized carbons (Fsp3) is 0.824. The van der Waals surface area contributed by atoms with Crippen molar-refractivity contribution < 1.29 is 14.4 Å². The fourth-order valence-electron chi connectivity index (χ4n) is 3.35. The monoisotopic (exact) mass is 295 g/mol. The number of hydrogen-bond donors (Lipinski definition) is 2. The molecule has 4 nitrogen and oxygen atoms in total. The van der Waals surface area contributed by atoms with Crippen LogP contribution in [-0.4, -0.2) is 44.3 Å². The molecule has 0 aromatic carbocycles. The second-order valence-corrected chi connectivity index (χ2v) is 7.15. The first-order valence-electron chi connectivity index (χ1n) is 8.35. The highest BCUT2D eigenvalue weighted by Crippen LogP contribution is 2.31. The van der Waals surface area contributed by atoms with Gasteiger partial charge in [0.05, 0.1) is 26.2 Å². The Balaban J connectivity index is 1.75. The standard InChI is InChI=1S/C17H30N2O2/c1-14-4-6-15(7-5-14)17(2,3)18-16(20)8-9-19-10-12-21-13-11-19/h4,15H,5-13H2,1-3H3,(H,18,20)/p+1/t15-/m0/s1. The van der Waals surface area contributed by atoms with Crippen LogP contribution in [0.25, 0.3) is 0 Å². The number of carbonyl (C=O) groups is 1. The van der Waals surface area contributed by atoms with E-state index in [9.17, 15) is 4.79 Å². The summed E-state index contributed by atoms with van der Waals surface area (Å²) in [6.45, 7) is 11.2. The molecule has 120 valence electrons. The van der Waals surface area contributed by atoms with Crippen molar-refractivity contribution in [1.82, 2.24) is 5.32 Å². The molecule has 0 spiro atoms. The van der Waals surface area contributed by atoms with Crippen molar-refractivity contribution >= 4 is 5.91 Å². The molecule has 21 heavy (non-hydrogen) atoms. The molecule has 1 heterocycles. The fourth-order valence-corrected chi connectivity index (χ4v) is 3.35. The quantitative estimate of drug-likeness (QED) is 0.741. The zero-order valence-electron chi connectivity index (χ0n) is 13.8. The van der Waals surface area contributed by atoms with Gasteiger partial charge in [-0.2, -0.15) is 0 Å². The number of rotatable bonds is 5. The van der Waals surface area contributed by atoms with Gasteiger partial charge in [-0.15, -0.1) is 0 Å². The molecule has 2 aliphatic rings. The molecule has 1 saturated heterocycles. The molecule has 0 aromatic heterocycles. The van der Waals surface area contributed by atoms with Crippen LogP contribution in [-0.2, 0) is 9.53 Å². The van der Waals surface area contributed by atoms with E-state index >= 15 is 0 Å². The largest absolute Gasteiger partial charge is 0.370 e. The summed E-state index contributed by atoms with van der Waals surface area (Å²) in [5.74, 6) is 0.756. The number of allylic oxidation sites excluding steroid dienone is 2. The van der Waals surface area contributed by atoms with E-state index in [-0.39, 0.29) is 11.4 Å². The lowest BCUT2D eigenvalue weighted by Crippen LogP contribution is -3.14. The molecule has 4 heteroatoms. The molecule has 1 fully saturated rings. The number of ether oxygens (including phenoxy) is 1. The molecule has 0 radical (unpaired) electrons. The number of amides is 1. The van der Waals surface area contributed by atoms with Crippen LogP contribution >= 0.6 is 0 Å². The van der Waals surface area contributed by atoms with Crippen molar-refractivity contribution in [2.24, 2.45) is 5.92 Å². The Morgan fingerprint density at radius 3 is 2.76 bits per heavy atom. The average Bonchev–Trinajstić information content (AvgIpc) is 2.46. The van der Waals surface area contributed by atoms with E-state index in [0.717, 1.165) is 39.3 Å². The molecule has 1 aliphatic heterocycles. The molecular formula is C17H31N2O2+. The van der Waals surface area contributed by atoms with Gasteiger partial charge in [-0.3, -0.25) is 4.79 Å². The van der Waals surface area contributed by atoms with Crippen LogP contribution in [0.1, 0.15) is 46.5 Å². The lowest BCUT2D eigenvalue weighted by Gasteiger charge is -2.37. The molecule has 2 rings (SSSR count). The van der Waals surface area contributed by atoms with E-state index in [1.807, 2.05) is 0 Å². The number of nitrogens with one attached hydrogen (secondary N) is 2. The van der Waals surface area contributed by atoms with Gasteiger partial charge in [-0.1, -0.05) is 11.6 Å². The molecule has 0 aromatic rings. The third-order valence-electron chi connectivity index (χ3n) is 5.03. The Morgan fingerprint density at radius 2 is 2.14 bits per heavy atom. The van der Waals surface area contributed by atoms with Crippen LogP contribution in [0.15, 0.2) is 11.6 Å². The lowest BCUT2D eigenvalue weighted by atomic mass is 9.77. The van der Waals surface area contributed by atoms with Crippen molar-refractivity contribution in [2.75, 3.05) is 32.8 Å². The Labute approximate surface area is 128 Å². The molecule has 0 bridgehead atoms. The summed E-state index contributed by atoms with van der Waals surface area (Å²) in [5.41, 5.74) is 1.39. The zero-order chi connectivity index (χ0) is 15.3. The molecule has 0 saturated carbocycles. The highest BCUT2D eigenvalue weighted by Gasteiger charge is 2.31. The number of morpholine rings is 1. The summed E-state index contributed by atoms with van der Waals surface area (Å²) in [6.07, 6.45) is 6.40. The van der Waals surface area contributed by atoms with Gasteiger partial charge in [-0.25, -0.2) is 0 Å². The van der Waals surface area contributed by atoms with E-state index in [2.05, 4.69) is 32.2 Å². The minimum absolute atomic E-state index is 0.103. The molecular weight excluding hydrogens is 264 g/mol. The number of hydrogen-bond acceptors (Lipinski definition) is 2. The number of quaternary nitrogens is 1. The van der Waals surface area contributed by atoms with E-state index in [1.54, 1.807) is 0 Å². The Kier molecular flexibility index (Phi) is 5.82. The van der Waals surface area contributed by atoms with Crippen molar-refractivity contribution in [3.63, 3.8) is 0 Å². The smallest absolute Gasteiger partial charge is 0.226 e. The van der Waals surface area contributed by atoms with Gasteiger partial charge in [0.25, 0.3) is 0 Å². The van der Waals surface area contributed by atoms with Crippen LogP contribution in [0.3, 0.4) is 0 Å². The molecule has 0 unspecified atom stereocenters. The Bertz CT molecular complexity index is 384. The maximum atomic E-state index is 12.2. The van der Waals surface area contributed by atoms with Crippen LogP contribution < -0.4 is 10.2 Å². The summed E-state index contributed by atoms with van der Waals surface area (Å²) in [6, 6.07) is 0. The Hall–Kier alpha value is -0.870. The van der Waals surface area contributed by atoms with E-state index in [4.69, 9.17) is 4.74 Å². The first kappa shape index (κ1) is 16.5. The average molecular weight is 295 g/mol. The summed E-state index contributed by atoms with van der Waals surface area (Å²) in [7, 11) is 0. The van der Waals surface area contributed by atoms with Gasteiger partial charge >= 0.3 is 0 Å². The third kappa shape index (κ3) is 5.11. The van der Waals surface area contributed by atoms with Crippen LogP contribution in [0.4, 0.5) is 0 Å². The van der Waals surface area contributed by atoms with Crippen LogP contribution in [0, 0.1) is 5.92 Å². The number of carbonyl (C=O) groups excluding carboxylic acids is 1. The topological polar surface area (TPSA) is 42.8 Å². The van der Waals surface area contributed by atoms with E-state index < -0.39 is 0 Å². The van der Waals surface area contributed by atoms with Gasteiger partial charge in [0.2, 0.25) is 5.91 Å². The summed E-state index contributed by atoms with van der Waals surface area (Å²) >= 11 is 0. The summed E-state index contributed by atoms with van der Waals surface area (Å²) < 4.78 is 5.35. The molecule has 1 amide bonds. The van der Waals surface area contributed by atoms with Gasteiger partial charge in [0.15, 0.2) is 0 Å². The minimum atomic E-state index is -0.103. The second kappa shape index (κ2) is 7.41. The van der Waals surface area contributed by atoms with E-state index in [1.165, 1.54) is 23.3 Å². The van der Waals surface area contributed by atoms with Crippen LogP contribution in [0.5, 0.6) is 0 Å². The highest BCUT2D eigenvalue weighted by molar-refractivity contribution is 5.76. The normalized spacial score (nSPS) is 24.5. The maximum absolute atomic E-state index is 12.2. The molecule has 1 atom stereocenters. The van der Waals surface area contributed by atoms with Crippen molar-refractivity contribution in [3.05, 3.63) is 11.6 Å². The van der Waals surface area contributed by atoms with Gasteiger partial charge in [0.1, 0.15) is 13.1 Å². The summed E-state index contributed by atoms with van der Waals surface area (Å²) in [5, 5.41) is 3.27. The van der Waals surface area contributed by atoms with Crippen molar-refractivity contribution in [2.45, 2.75) is 52.0 Å². The summed E-state index contributed by atoms with van der Waals surface area (Å²) in [4.78, 5) is 13.7. The Morgan fingerprint density at radius 1 is 1.43 bits per heavy atom. The second-order valence-electron chi connectivity index (χ2n) is 7.15. The lowest BCUT2D eigenvalue weighted by molar-refractivity contribution is -0.907. The van der Waals surface area contributed by atoms with Crippen molar-refractivity contribution in [1.29, 1.82) is 0 Å². The first-order chi connectivity index (χ1) is 9.97. The molecule has 1 aliphatic carbocycles. The third-order valence-corrected chi connectivity index (χ3v) is 5.03. The van der Waals surface area contributed by atoms with Gasteiger partial charge < -0.3 is 15.0 Å². The predicted octanol–water partition coefficient (Wildman–Crippen LogP) is 0.933. The first-order valence-corrected chi connectivity index (χ1v) is 8.35. The highest BCUT2D eigenvalue weighted by atomic mass is 16.5. The zero-order valence-corrected chi connectivity index (χ0v) is 13.8.